The number of rotatable bonds is 6. The van der Waals surface area contributed by atoms with E-state index in [2.05, 4.69) is 10.6 Å². The van der Waals surface area contributed by atoms with Crippen molar-refractivity contribution >= 4 is 28.9 Å². The van der Waals surface area contributed by atoms with Gasteiger partial charge in [-0.2, -0.15) is 5.26 Å². The Balaban J connectivity index is 2.23. The van der Waals surface area contributed by atoms with Gasteiger partial charge in [0, 0.05) is 11.9 Å². The summed E-state index contributed by atoms with van der Waals surface area (Å²) in [5.41, 5.74) is 3.49. The third-order valence-electron chi connectivity index (χ3n) is 3.85. The number of aryl methyl sites for hydroxylation is 2. The molecule has 0 saturated heterocycles. The molecule has 4 nitrogen and oxygen atoms in total. The number of amides is 1. The minimum atomic E-state index is -0.447. The summed E-state index contributed by atoms with van der Waals surface area (Å²) < 4.78 is 0. The Kier molecular flexibility index (Phi) is 6.62. The minimum absolute atomic E-state index is 0.0205. The van der Waals surface area contributed by atoms with Gasteiger partial charge in [0.2, 0.25) is 0 Å². The van der Waals surface area contributed by atoms with Crippen LogP contribution in [0, 0.1) is 11.3 Å². The zero-order valence-corrected chi connectivity index (χ0v) is 15.0. The normalized spacial score (nSPS) is 10.9. The van der Waals surface area contributed by atoms with Gasteiger partial charge in [-0.1, -0.05) is 55.8 Å². The van der Waals surface area contributed by atoms with Gasteiger partial charge in [0.05, 0.1) is 10.7 Å². The fourth-order valence-electron chi connectivity index (χ4n) is 2.46. The van der Waals surface area contributed by atoms with Crippen LogP contribution in [0.3, 0.4) is 0 Å². The third kappa shape index (κ3) is 4.62. The smallest absolute Gasteiger partial charge is 0.267 e. The molecule has 2 N–H and O–H groups in total. The highest BCUT2D eigenvalue weighted by Crippen LogP contribution is 2.24. The van der Waals surface area contributed by atoms with Crippen molar-refractivity contribution < 1.29 is 4.79 Å². The summed E-state index contributed by atoms with van der Waals surface area (Å²) in [6.45, 7) is 4.06. The molecule has 0 aromatic heterocycles. The summed E-state index contributed by atoms with van der Waals surface area (Å²) in [6.07, 6.45) is 2.97. The average Bonchev–Trinajstić information content (AvgIpc) is 2.63. The monoisotopic (exact) mass is 353 g/mol. The second-order valence-corrected chi connectivity index (χ2v) is 5.81. The molecule has 0 fully saturated rings. The Morgan fingerprint density at radius 2 is 1.76 bits per heavy atom. The van der Waals surface area contributed by atoms with Crippen LogP contribution in [0.15, 0.2) is 54.2 Å². The number of halogens is 1. The van der Waals surface area contributed by atoms with Crippen molar-refractivity contribution in [2.24, 2.45) is 0 Å². The fourth-order valence-corrected chi connectivity index (χ4v) is 2.65. The third-order valence-corrected chi connectivity index (χ3v) is 4.18. The van der Waals surface area contributed by atoms with Gasteiger partial charge in [0.1, 0.15) is 11.6 Å². The maximum Gasteiger partial charge on any atom is 0.267 e. The van der Waals surface area contributed by atoms with E-state index in [1.54, 1.807) is 12.1 Å². The van der Waals surface area contributed by atoms with Gasteiger partial charge in [-0.15, -0.1) is 0 Å². The molecular formula is C20H20ClN3O. The Labute approximate surface area is 153 Å². The average molecular weight is 354 g/mol. The second-order valence-electron chi connectivity index (χ2n) is 5.41. The molecule has 0 unspecified atom stereocenters. The number of hydrogen-bond acceptors (Lipinski definition) is 3. The van der Waals surface area contributed by atoms with Crippen molar-refractivity contribution in [3.63, 3.8) is 0 Å². The van der Waals surface area contributed by atoms with Gasteiger partial charge in [0.25, 0.3) is 5.91 Å². The molecule has 128 valence electrons. The number of nitrogens with one attached hydrogen (secondary N) is 2. The van der Waals surface area contributed by atoms with E-state index in [4.69, 9.17) is 11.6 Å². The van der Waals surface area contributed by atoms with E-state index in [0.29, 0.717) is 10.7 Å². The molecule has 0 bridgehead atoms. The molecule has 0 aliphatic rings. The number of para-hydroxylation sites is 2. The Hall–Kier alpha value is -2.77. The van der Waals surface area contributed by atoms with Crippen LogP contribution in [0.25, 0.3) is 0 Å². The first-order valence-corrected chi connectivity index (χ1v) is 8.51. The number of carbonyl (C=O) groups excluding carboxylic acids is 1. The largest absolute Gasteiger partial charge is 0.359 e. The molecule has 2 aromatic carbocycles. The first-order chi connectivity index (χ1) is 12.1. The van der Waals surface area contributed by atoms with Crippen LogP contribution in [0.5, 0.6) is 0 Å². The van der Waals surface area contributed by atoms with Crippen LogP contribution < -0.4 is 10.6 Å². The molecule has 0 radical (unpaired) electrons. The molecule has 0 spiro atoms. The van der Waals surface area contributed by atoms with Gasteiger partial charge >= 0.3 is 0 Å². The second kappa shape index (κ2) is 8.91. The lowest BCUT2D eigenvalue weighted by Gasteiger charge is -2.14. The van der Waals surface area contributed by atoms with Crippen molar-refractivity contribution in [3.8, 4) is 6.07 Å². The predicted octanol–water partition coefficient (Wildman–Crippen LogP) is 4.92. The van der Waals surface area contributed by atoms with Crippen LogP contribution in [0.1, 0.15) is 25.0 Å². The lowest BCUT2D eigenvalue weighted by atomic mass is 10.0. The predicted molar refractivity (Wildman–Crippen MR) is 103 cm³/mol. The highest BCUT2D eigenvalue weighted by Gasteiger charge is 2.14. The number of hydrogen-bond donors (Lipinski definition) is 2. The number of nitriles is 1. The molecule has 2 rings (SSSR count). The molecule has 0 atom stereocenters. The first kappa shape index (κ1) is 18.6. The van der Waals surface area contributed by atoms with E-state index in [1.165, 1.54) is 6.20 Å². The summed E-state index contributed by atoms with van der Waals surface area (Å²) >= 11 is 6.06. The summed E-state index contributed by atoms with van der Waals surface area (Å²) in [5.74, 6) is -0.447. The SMILES string of the molecule is CCc1cccc(CC)c1NC(=O)/C(C#N)=C\Nc1ccccc1Cl. The number of carbonyl (C=O) groups is 1. The topological polar surface area (TPSA) is 64.9 Å². The molecule has 0 aliphatic heterocycles. The summed E-state index contributed by atoms with van der Waals surface area (Å²) in [4.78, 5) is 12.5. The molecule has 1 amide bonds. The number of nitrogens with zero attached hydrogens (tertiary/aromatic N) is 1. The van der Waals surface area contributed by atoms with Gasteiger partial charge < -0.3 is 10.6 Å². The quantitative estimate of drug-likeness (QED) is 0.572. The fraction of sp³-hybridized carbons (Fsp3) is 0.200. The molecule has 0 aliphatic carbocycles. The van der Waals surface area contributed by atoms with Crippen molar-refractivity contribution in [1.82, 2.24) is 0 Å². The van der Waals surface area contributed by atoms with Crippen molar-refractivity contribution in [2.45, 2.75) is 26.7 Å². The Morgan fingerprint density at radius 3 is 2.32 bits per heavy atom. The molecule has 2 aromatic rings. The highest BCUT2D eigenvalue weighted by molar-refractivity contribution is 6.33. The van der Waals surface area contributed by atoms with E-state index in [-0.39, 0.29) is 5.57 Å². The Bertz CT molecular complexity index is 815. The maximum absolute atomic E-state index is 12.5. The number of benzene rings is 2. The highest BCUT2D eigenvalue weighted by atomic mass is 35.5. The van der Waals surface area contributed by atoms with E-state index in [9.17, 15) is 10.1 Å². The molecule has 5 heteroatoms. The molecule has 25 heavy (non-hydrogen) atoms. The maximum atomic E-state index is 12.5. The van der Waals surface area contributed by atoms with E-state index in [0.717, 1.165) is 29.7 Å². The minimum Gasteiger partial charge on any atom is -0.359 e. The molecule has 0 heterocycles. The summed E-state index contributed by atoms with van der Waals surface area (Å²) in [7, 11) is 0. The number of anilines is 2. The van der Waals surface area contributed by atoms with Crippen LogP contribution in [-0.2, 0) is 17.6 Å². The Morgan fingerprint density at radius 1 is 1.12 bits per heavy atom. The van der Waals surface area contributed by atoms with E-state index in [1.807, 2.05) is 50.2 Å². The van der Waals surface area contributed by atoms with Gasteiger partial charge in [0.15, 0.2) is 0 Å². The van der Waals surface area contributed by atoms with Crippen LogP contribution in [0.2, 0.25) is 5.02 Å². The van der Waals surface area contributed by atoms with Gasteiger partial charge in [-0.05, 0) is 36.1 Å². The lowest BCUT2D eigenvalue weighted by Crippen LogP contribution is -2.17. The first-order valence-electron chi connectivity index (χ1n) is 8.14. The van der Waals surface area contributed by atoms with Gasteiger partial charge in [-0.25, -0.2) is 0 Å². The lowest BCUT2D eigenvalue weighted by molar-refractivity contribution is -0.112. The van der Waals surface area contributed by atoms with Crippen LogP contribution in [-0.4, -0.2) is 5.91 Å². The standard InChI is InChI=1S/C20H20ClN3O/c1-3-14-8-7-9-15(4-2)19(14)24-20(25)16(12-22)13-23-18-11-6-5-10-17(18)21/h5-11,13,23H,3-4H2,1-2H3,(H,24,25)/b16-13-. The van der Waals surface area contributed by atoms with Crippen molar-refractivity contribution in [3.05, 3.63) is 70.4 Å². The summed E-state index contributed by atoms with van der Waals surface area (Å²) in [6, 6.07) is 15.0. The molecular weight excluding hydrogens is 334 g/mol. The zero-order chi connectivity index (χ0) is 18.2. The van der Waals surface area contributed by atoms with Gasteiger partial charge in [-0.3, -0.25) is 4.79 Å². The van der Waals surface area contributed by atoms with Crippen LogP contribution in [0.4, 0.5) is 11.4 Å². The van der Waals surface area contributed by atoms with Crippen molar-refractivity contribution in [1.29, 1.82) is 5.26 Å². The summed E-state index contributed by atoms with van der Waals surface area (Å²) in [5, 5.41) is 15.6. The van der Waals surface area contributed by atoms with E-state index < -0.39 is 5.91 Å². The zero-order valence-electron chi connectivity index (χ0n) is 14.3. The van der Waals surface area contributed by atoms with E-state index >= 15 is 0 Å². The van der Waals surface area contributed by atoms with Crippen molar-refractivity contribution in [2.75, 3.05) is 10.6 Å². The van der Waals surface area contributed by atoms with Crippen LogP contribution >= 0.6 is 11.6 Å². The molecule has 0 saturated carbocycles.